The molecule has 0 bridgehead atoms. The van der Waals surface area contributed by atoms with Crippen LogP contribution in [0.3, 0.4) is 0 Å². The summed E-state index contributed by atoms with van der Waals surface area (Å²) >= 11 is 1.75. The van der Waals surface area contributed by atoms with E-state index < -0.39 is 10.7 Å². The largest absolute Gasteiger partial charge is 0.381 e. The minimum absolute atomic E-state index is 0.0389. The first-order valence-corrected chi connectivity index (χ1v) is 7.54. The molecule has 0 aliphatic carbocycles. The highest BCUT2D eigenvalue weighted by molar-refractivity contribution is 14.1. The van der Waals surface area contributed by atoms with Gasteiger partial charge in [-0.25, -0.2) is 4.39 Å². The summed E-state index contributed by atoms with van der Waals surface area (Å²) in [6.45, 7) is 3.38. The van der Waals surface area contributed by atoms with Crippen LogP contribution in [0.15, 0.2) is 12.1 Å². The maximum Gasteiger partial charge on any atom is 0.293 e. The van der Waals surface area contributed by atoms with E-state index in [-0.39, 0.29) is 21.0 Å². The molecule has 1 aliphatic heterocycles. The standard InChI is InChI=1S/C13H16FIN2O3/c1-8(9-2-4-20-5-3-9)16-12-6-10(14)11(15)7-13(12)17(18)19/h6-9,16H,2-5H2,1H3. The van der Waals surface area contributed by atoms with Gasteiger partial charge in [0, 0.05) is 31.4 Å². The van der Waals surface area contributed by atoms with Gasteiger partial charge >= 0.3 is 0 Å². The van der Waals surface area contributed by atoms with Gasteiger partial charge < -0.3 is 10.1 Å². The van der Waals surface area contributed by atoms with E-state index in [1.807, 2.05) is 6.92 Å². The molecule has 2 rings (SSSR count). The lowest BCUT2D eigenvalue weighted by atomic mass is 9.93. The Morgan fingerprint density at radius 1 is 1.50 bits per heavy atom. The number of hydrogen-bond donors (Lipinski definition) is 1. The number of nitro groups is 1. The first-order valence-electron chi connectivity index (χ1n) is 6.46. The summed E-state index contributed by atoms with van der Waals surface area (Å²) in [6.07, 6.45) is 1.82. The zero-order chi connectivity index (χ0) is 14.7. The maximum absolute atomic E-state index is 13.6. The van der Waals surface area contributed by atoms with Crippen molar-refractivity contribution in [2.24, 2.45) is 5.92 Å². The zero-order valence-corrected chi connectivity index (χ0v) is 13.2. The van der Waals surface area contributed by atoms with Crippen molar-refractivity contribution in [3.63, 3.8) is 0 Å². The molecule has 0 saturated carbocycles. The fourth-order valence-electron chi connectivity index (χ4n) is 2.38. The Labute approximate surface area is 130 Å². The lowest BCUT2D eigenvalue weighted by Crippen LogP contribution is -2.31. The number of benzene rings is 1. The summed E-state index contributed by atoms with van der Waals surface area (Å²) in [5.74, 6) is -0.0661. The van der Waals surface area contributed by atoms with Crippen LogP contribution in [-0.4, -0.2) is 24.2 Å². The van der Waals surface area contributed by atoms with Crippen molar-refractivity contribution >= 4 is 34.0 Å². The Hall–Kier alpha value is -0.960. The summed E-state index contributed by atoms with van der Waals surface area (Å²) in [5.41, 5.74) is 0.154. The molecule has 20 heavy (non-hydrogen) atoms. The highest BCUT2D eigenvalue weighted by Crippen LogP contribution is 2.31. The molecule has 1 aromatic rings. The Balaban J connectivity index is 2.19. The van der Waals surface area contributed by atoms with E-state index in [9.17, 15) is 14.5 Å². The number of anilines is 1. The van der Waals surface area contributed by atoms with Crippen LogP contribution >= 0.6 is 22.6 Å². The minimum atomic E-state index is -0.485. The minimum Gasteiger partial charge on any atom is -0.381 e. The number of ether oxygens (including phenoxy) is 1. The summed E-state index contributed by atoms with van der Waals surface area (Å²) in [7, 11) is 0. The lowest BCUT2D eigenvalue weighted by Gasteiger charge is -2.29. The van der Waals surface area contributed by atoms with Crippen molar-refractivity contribution in [1.29, 1.82) is 0 Å². The number of rotatable bonds is 4. The predicted octanol–water partition coefficient (Wildman–Crippen LogP) is 3.57. The van der Waals surface area contributed by atoms with Crippen LogP contribution in [0, 0.1) is 25.4 Å². The molecule has 7 heteroatoms. The topological polar surface area (TPSA) is 64.4 Å². The molecule has 1 atom stereocenters. The van der Waals surface area contributed by atoms with Gasteiger partial charge in [-0.2, -0.15) is 0 Å². The summed E-state index contributed by atoms with van der Waals surface area (Å²) < 4.78 is 19.2. The highest BCUT2D eigenvalue weighted by atomic mass is 127. The number of nitrogens with one attached hydrogen (secondary N) is 1. The predicted molar refractivity (Wildman–Crippen MR) is 82.4 cm³/mol. The molecule has 1 heterocycles. The first-order chi connectivity index (χ1) is 9.49. The van der Waals surface area contributed by atoms with Crippen LogP contribution in [-0.2, 0) is 4.74 Å². The third-order valence-corrected chi connectivity index (χ3v) is 4.42. The SMILES string of the molecule is CC(Nc1cc(F)c(I)cc1[N+](=O)[O-])C1CCOCC1. The first kappa shape index (κ1) is 15.4. The number of hydrogen-bond acceptors (Lipinski definition) is 4. The third-order valence-electron chi connectivity index (χ3n) is 3.59. The third kappa shape index (κ3) is 3.57. The van der Waals surface area contributed by atoms with Crippen molar-refractivity contribution in [3.8, 4) is 0 Å². The molecule has 0 amide bonds. The number of nitro benzene ring substituents is 1. The van der Waals surface area contributed by atoms with Crippen LogP contribution < -0.4 is 5.32 Å². The average molecular weight is 394 g/mol. The van der Waals surface area contributed by atoms with Crippen molar-refractivity contribution in [2.45, 2.75) is 25.8 Å². The van der Waals surface area contributed by atoms with Crippen LogP contribution in [0.2, 0.25) is 0 Å². The quantitative estimate of drug-likeness (QED) is 0.482. The molecule has 1 aliphatic rings. The molecule has 0 aromatic heterocycles. The summed E-state index contributed by atoms with van der Waals surface area (Å²) in [5, 5.41) is 14.2. The Bertz CT molecular complexity index is 507. The van der Waals surface area contributed by atoms with Crippen molar-refractivity contribution in [2.75, 3.05) is 18.5 Å². The smallest absolute Gasteiger partial charge is 0.293 e. The van der Waals surface area contributed by atoms with Crippen LogP contribution in [0.25, 0.3) is 0 Å². The second-order valence-electron chi connectivity index (χ2n) is 4.92. The van der Waals surface area contributed by atoms with Crippen LogP contribution in [0.1, 0.15) is 19.8 Å². The lowest BCUT2D eigenvalue weighted by molar-refractivity contribution is -0.384. The van der Waals surface area contributed by atoms with Crippen molar-refractivity contribution < 1.29 is 14.1 Å². The van der Waals surface area contributed by atoms with Crippen molar-refractivity contribution in [1.82, 2.24) is 0 Å². The van der Waals surface area contributed by atoms with Gasteiger partial charge in [0.15, 0.2) is 0 Å². The molecular formula is C13H16FIN2O3. The number of halogens is 2. The van der Waals surface area contributed by atoms with E-state index in [1.54, 1.807) is 22.6 Å². The fraction of sp³-hybridized carbons (Fsp3) is 0.538. The van der Waals surface area contributed by atoms with Gasteiger partial charge in [-0.3, -0.25) is 10.1 Å². The second kappa shape index (κ2) is 6.66. The highest BCUT2D eigenvalue weighted by Gasteiger charge is 2.24. The molecule has 1 N–H and O–H groups in total. The van der Waals surface area contributed by atoms with Crippen molar-refractivity contribution in [3.05, 3.63) is 31.6 Å². The number of nitrogens with zero attached hydrogens (tertiary/aromatic N) is 1. The van der Waals surface area contributed by atoms with Crippen LogP contribution in [0.5, 0.6) is 0 Å². The summed E-state index contributed by atoms with van der Waals surface area (Å²) in [4.78, 5) is 10.6. The van der Waals surface area contributed by atoms with E-state index >= 15 is 0 Å². The Morgan fingerprint density at radius 2 is 2.15 bits per heavy atom. The fourth-order valence-corrected chi connectivity index (χ4v) is 2.83. The molecule has 110 valence electrons. The second-order valence-corrected chi connectivity index (χ2v) is 6.09. The van der Waals surface area contributed by atoms with E-state index in [4.69, 9.17) is 4.74 Å². The van der Waals surface area contributed by atoms with E-state index in [1.165, 1.54) is 12.1 Å². The van der Waals surface area contributed by atoms with E-state index in [2.05, 4.69) is 5.32 Å². The van der Waals surface area contributed by atoms with Gasteiger partial charge in [0.1, 0.15) is 11.5 Å². The molecule has 1 saturated heterocycles. The molecule has 1 aromatic carbocycles. The molecule has 0 radical (unpaired) electrons. The molecule has 1 fully saturated rings. The van der Waals surface area contributed by atoms with Gasteiger partial charge in [0.05, 0.1) is 8.49 Å². The summed E-state index contributed by atoms with van der Waals surface area (Å²) in [6, 6.07) is 2.50. The van der Waals surface area contributed by atoms with Gasteiger partial charge in [-0.05, 0) is 48.3 Å². The molecule has 1 unspecified atom stereocenters. The van der Waals surface area contributed by atoms with Gasteiger partial charge in [0.25, 0.3) is 5.69 Å². The van der Waals surface area contributed by atoms with Gasteiger partial charge in [-0.1, -0.05) is 0 Å². The van der Waals surface area contributed by atoms with Gasteiger partial charge in [-0.15, -0.1) is 0 Å². The monoisotopic (exact) mass is 394 g/mol. The average Bonchev–Trinajstić information content (AvgIpc) is 2.43. The maximum atomic E-state index is 13.6. The zero-order valence-electron chi connectivity index (χ0n) is 11.1. The van der Waals surface area contributed by atoms with Crippen LogP contribution in [0.4, 0.5) is 15.8 Å². The van der Waals surface area contributed by atoms with Gasteiger partial charge in [0.2, 0.25) is 0 Å². The Morgan fingerprint density at radius 3 is 2.75 bits per heavy atom. The molecule has 5 nitrogen and oxygen atoms in total. The molecular weight excluding hydrogens is 378 g/mol. The van der Waals surface area contributed by atoms with E-state index in [0.29, 0.717) is 19.1 Å². The molecule has 0 spiro atoms. The van der Waals surface area contributed by atoms with E-state index in [0.717, 1.165) is 12.8 Å². The normalized spacial score (nSPS) is 17.8. The Kier molecular flexibility index (Phi) is 5.14.